The first-order valence-electron chi connectivity index (χ1n) is 9.75. The van der Waals surface area contributed by atoms with Crippen molar-refractivity contribution < 1.29 is 24.0 Å². The van der Waals surface area contributed by atoms with E-state index in [-0.39, 0.29) is 33.2 Å². The molecular weight excluding hydrogens is 478 g/mol. The van der Waals surface area contributed by atoms with Crippen molar-refractivity contribution in [2.45, 2.75) is 5.92 Å². The number of nitro benzene ring substituents is 1. The molecule has 1 aliphatic rings. The molecule has 11 nitrogen and oxygen atoms in total. The Bertz CT molecular complexity index is 1390. The van der Waals surface area contributed by atoms with E-state index >= 15 is 0 Å². The summed E-state index contributed by atoms with van der Waals surface area (Å²) in [7, 11) is 2.15. The summed E-state index contributed by atoms with van der Waals surface area (Å²) < 4.78 is 9.83. The fourth-order valence-electron chi connectivity index (χ4n) is 3.75. The summed E-state index contributed by atoms with van der Waals surface area (Å²) in [5.41, 5.74) is 4.81. The molecule has 0 saturated carbocycles. The number of carbonyl (C=O) groups excluding carboxylic acids is 2. The number of allylic oxidation sites excluding steroid dienone is 1. The lowest BCUT2D eigenvalue weighted by atomic mass is 9.80. The Kier molecular flexibility index (Phi) is 7.04. The van der Waals surface area contributed by atoms with Gasteiger partial charge in [0.15, 0.2) is 0 Å². The lowest BCUT2D eigenvalue weighted by molar-refractivity contribution is -0.384. The van der Waals surface area contributed by atoms with E-state index in [0.717, 1.165) is 31.3 Å². The van der Waals surface area contributed by atoms with Crippen molar-refractivity contribution in [1.29, 1.82) is 10.5 Å². The number of rotatable bonds is 5. The maximum absolute atomic E-state index is 13.1. The molecular formula is C23H16ClN5O6. The smallest absolute Gasteiger partial charge is 0.355 e. The third kappa shape index (κ3) is 4.24. The number of non-ortho nitro benzene ring substituents is 1. The van der Waals surface area contributed by atoms with Crippen LogP contribution in [0.3, 0.4) is 0 Å². The monoisotopic (exact) mass is 493 g/mol. The Labute approximate surface area is 204 Å². The molecule has 0 saturated heterocycles. The van der Waals surface area contributed by atoms with E-state index in [2.05, 4.69) is 0 Å². The number of carbonyl (C=O) groups is 2. The van der Waals surface area contributed by atoms with Gasteiger partial charge < -0.3 is 15.2 Å². The quantitative estimate of drug-likeness (QED) is 0.370. The molecule has 1 aliphatic heterocycles. The van der Waals surface area contributed by atoms with Gasteiger partial charge in [-0.1, -0.05) is 41.9 Å². The van der Waals surface area contributed by atoms with Gasteiger partial charge in [-0.3, -0.25) is 15.0 Å². The summed E-state index contributed by atoms with van der Waals surface area (Å²) in [5, 5.41) is 30.7. The highest BCUT2D eigenvalue weighted by atomic mass is 35.5. The van der Waals surface area contributed by atoms with Crippen molar-refractivity contribution in [3.05, 3.63) is 91.4 Å². The molecule has 2 aromatic rings. The normalized spacial score (nSPS) is 15.2. The van der Waals surface area contributed by atoms with Crippen LogP contribution >= 0.6 is 11.6 Å². The molecule has 0 fully saturated rings. The molecule has 0 aromatic heterocycles. The minimum Gasteiger partial charge on any atom is -0.466 e. The number of ether oxygens (including phenoxy) is 2. The number of benzene rings is 2. The maximum atomic E-state index is 13.1. The maximum Gasteiger partial charge on any atom is 0.355 e. The third-order valence-electron chi connectivity index (χ3n) is 5.21. The van der Waals surface area contributed by atoms with Gasteiger partial charge in [-0.05, 0) is 5.56 Å². The van der Waals surface area contributed by atoms with Gasteiger partial charge in [0, 0.05) is 12.1 Å². The Morgan fingerprint density at radius 2 is 1.74 bits per heavy atom. The van der Waals surface area contributed by atoms with Crippen LogP contribution in [-0.2, 0) is 19.1 Å². The van der Waals surface area contributed by atoms with Crippen molar-refractivity contribution in [3.8, 4) is 12.1 Å². The van der Waals surface area contributed by atoms with Crippen molar-refractivity contribution in [1.82, 2.24) is 0 Å². The van der Waals surface area contributed by atoms with Crippen molar-refractivity contribution in [2.75, 3.05) is 19.1 Å². The Hall–Kier alpha value is -4.87. The average Bonchev–Trinajstić information content (AvgIpc) is 2.87. The van der Waals surface area contributed by atoms with E-state index in [1.54, 1.807) is 36.4 Å². The summed E-state index contributed by atoms with van der Waals surface area (Å²) in [6, 6.07) is 13.9. The van der Waals surface area contributed by atoms with Gasteiger partial charge >= 0.3 is 11.9 Å². The van der Waals surface area contributed by atoms with E-state index in [1.165, 1.54) is 0 Å². The summed E-state index contributed by atoms with van der Waals surface area (Å²) in [4.78, 5) is 37.5. The molecule has 0 radical (unpaired) electrons. The zero-order valence-electron chi connectivity index (χ0n) is 18.3. The zero-order valence-corrected chi connectivity index (χ0v) is 19.1. The first-order chi connectivity index (χ1) is 16.7. The molecule has 0 spiro atoms. The summed E-state index contributed by atoms with van der Waals surface area (Å²) in [6.45, 7) is 0. The zero-order chi connectivity index (χ0) is 25.9. The lowest BCUT2D eigenvalue weighted by Crippen LogP contribution is -2.41. The number of nitriles is 2. The van der Waals surface area contributed by atoms with E-state index in [1.807, 2.05) is 6.07 Å². The number of hydrogen-bond donors (Lipinski definition) is 1. The number of nitrogens with two attached hydrogens (primary N) is 1. The molecule has 0 aliphatic carbocycles. The SMILES string of the molecule is COC(=O)C1=C(C(=O)OC)N(c2c(Cl)cc([N+](=O)[O-])cc2C#N)C(N)=C(C#N)C1c1ccccc1. The van der Waals surface area contributed by atoms with Crippen molar-refractivity contribution in [2.24, 2.45) is 5.73 Å². The van der Waals surface area contributed by atoms with E-state index in [9.17, 15) is 30.2 Å². The first-order valence-corrected chi connectivity index (χ1v) is 10.1. The number of halogens is 1. The third-order valence-corrected chi connectivity index (χ3v) is 5.50. The number of methoxy groups -OCH3 is 2. The molecule has 2 N–H and O–H groups in total. The van der Waals surface area contributed by atoms with Gasteiger partial charge in [0.25, 0.3) is 5.69 Å². The highest BCUT2D eigenvalue weighted by Crippen LogP contribution is 2.46. The highest BCUT2D eigenvalue weighted by molar-refractivity contribution is 6.34. The van der Waals surface area contributed by atoms with Crippen LogP contribution in [0.15, 0.2) is 65.1 Å². The highest BCUT2D eigenvalue weighted by Gasteiger charge is 2.44. The number of anilines is 1. The average molecular weight is 494 g/mol. The molecule has 1 heterocycles. The molecule has 3 rings (SSSR count). The second-order valence-electron chi connectivity index (χ2n) is 7.03. The molecule has 1 atom stereocenters. The molecule has 0 bridgehead atoms. The largest absolute Gasteiger partial charge is 0.466 e. The standard InChI is InChI=1S/C23H16ClN5O6/c1-34-22(30)18-17(12-6-4-3-5-7-12)15(11-26)21(27)28(20(18)23(31)35-2)19-13(10-25)8-14(29(32)33)9-16(19)24/h3-9,17H,27H2,1-2H3. The molecule has 176 valence electrons. The second-order valence-corrected chi connectivity index (χ2v) is 7.44. The van der Waals surface area contributed by atoms with Crippen LogP contribution in [0.2, 0.25) is 5.02 Å². The van der Waals surface area contributed by atoms with Crippen LogP contribution in [0, 0.1) is 32.8 Å². The van der Waals surface area contributed by atoms with Gasteiger partial charge in [0.1, 0.15) is 17.6 Å². The van der Waals surface area contributed by atoms with Crippen LogP contribution in [0.4, 0.5) is 11.4 Å². The van der Waals surface area contributed by atoms with Gasteiger partial charge in [0.2, 0.25) is 0 Å². The van der Waals surface area contributed by atoms with Crippen LogP contribution in [-0.4, -0.2) is 31.1 Å². The van der Waals surface area contributed by atoms with Crippen molar-refractivity contribution >= 4 is 34.9 Å². The number of esters is 2. The van der Waals surface area contributed by atoms with Crippen LogP contribution in [0.1, 0.15) is 17.0 Å². The molecule has 1 unspecified atom stereocenters. The van der Waals surface area contributed by atoms with Crippen LogP contribution in [0.25, 0.3) is 0 Å². The molecule has 2 aromatic carbocycles. The predicted octanol–water partition coefficient (Wildman–Crippen LogP) is 3.02. The Balaban J connectivity index is 2.51. The van der Waals surface area contributed by atoms with Gasteiger partial charge in [0.05, 0.1) is 58.5 Å². The Morgan fingerprint density at radius 1 is 1.11 bits per heavy atom. The van der Waals surface area contributed by atoms with Crippen LogP contribution < -0.4 is 10.6 Å². The van der Waals surface area contributed by atoms with Crippen molar-refractivity contribution in [3.63, 3.8) is 0 Å². The van der Waals surface area contributed by atoms with Crippen LogP contribution in [0.5, 0.6) is 0 Å². The molecule has 0 amide bonds. The molecule has 12 heteroatoms. The van der Waals surface area contributed by atoms with Gasteiger partial charge in [-0.25, -0.2) is 9.59 Å². The van der Waals surface area contributed by atoms with E-state index in [4.69, 9.17) is 26.8 Å². The fraction of sp³-hybridized carbons (Fsp3) is 0.130. The summed E-state index contributed by atoms with van der Waals surface area (Å²) in [5.74, 6) is -3.48. The first kappa shape index (κ1) is 24.8. The number of nitrogens with zero attached hydrogens (tertiary/aromatic N) is 4. The van der Waals surface area contributed by atoms with Gasteiger partial charge in [-0.15, -0.1) is 0 Å². The minimum absolute atomic E-state index is 0.150. The minimum atomic E-state index is -1.12. The Morgan fingerprint density at radius 3 is 2.26 bits per heavy atom. The summed E-state index contributed by atoms with van der Waals surface area (Å²) >= 11 is 6.33. The van der Waals surface area contributed by atoms with E-state index in [0.29, 0.717) is 5.56 Å². The topological polar surface area (TPSA) is 173 Å². The van der Waals surface area contributed by atoms with Gasteiger partial charge in [-0.2, -0.15) is 10.5 Å². The number of nitro groups is 1. The fourth-order valence-corrected chi connectivity index (χ4v) is 4.05. The second kappa shape index (κ2) is 9.95. The lowest BCUT2D eigenvalue weighted by Gasteiger charge is -2.36. The predicted molar refractivity (Wildman–Crippen MR) is 122 cm³/mol. The summed E-state index contributed by atoms with van der Waals surface area (Å²) in [6.07, 6.45) is 0. The van der Waals surface area contributed by atoms with E-state index < -0.39 is 34.2 Å². The number of hydrogen-bond acceptors (Lipinski definition) is 10. The molecule has 35 heavy (non-hydrogen) atoms.